The van der Waals surface area contributed by atoms with Crippen LogP contribution in [0.15, 0.2) is 6.07 Å². The molecule has 5 nitrogen and oxygen atoms in total. The number of ether oxygens (including phenoxy) is 1. The van der Waals surface area contributed by atoms with Gasteiger partial charge in [-0.25, -0.2) is 0 Å². The molecule has 0 spiro atoms. The van der Waals surface area contributed by atoms with Crippen molar-refractivity contribution in [2.75, 3.05) is 13.2 Å². The smallest absolute Gasteiger partial charge is 0.220 e. The number of aromatic nitrogens is 2. The monoisotopic (exact) mass is 249 g/mol. The summed E-state index contributed by atoms with van der Waals surface area (Å²) in [4.78, 5) is 11.7. The van der Waals surface area contributed by atoms with Crippen molar-refractivity contribution in [3.63, 3.8) is 0 Å². The average Bonchev–Trinajstić information content (AvgIpc) is 2.90. The lowest BCUT2D eigenvalue weighted by molar-refractivity contribution is -0.122. The summed E-state index contributed by atoms with van der Waals surface area (Å²) in [5, 5.41) is 10.2. The van der Waals surface area contributed by atoms with E-state index < -0.39 is 0 Å². The Labute approximate surface area is 106 Å². The minimum absolute atomic E-state index is 0.105. The number of hydrogen-bond donors (Lipinski definition) is 2. The van der Waals surface area contributed by atoms with Gasteiger partial charge < -0.3 is 10.1 Å². The average molecular weight is 249 g/mol. The number of H-pyrrole nitrogens is 1. The molecule has 1 saturated heterocycles. The molecule has 2 fully saturated rings. The molecule has 3 rings (SSSR count). The SMILES string of the molecule is O=C(CC1CCOC1)NCc1cc(C2CC2)n[nH]1. The molecule has 5 heteroatoms. The van der Waals surface area contributed by atoms with Crippen molar-refractivity contribution in [1.82, 2.24) is 15.5 Å². The topological polar surface area (TPSA) is 67.0 Å². The molecule has 1 unspecified atom stereocenters. The fourth-order valence-electron chi connectivity index (χ4n) is 2.33. The van der Waals surface area contributed by atoms with E-state index in [1.807, 2.05) is 0 Å². The first kappa shape index (κ1) is 11.7. The molecule has 0 bridgehead atoms. The molecular weight excluding hydrogens is 230 g/mol. The fourth-order valence-corrected chi connectivity index (χ4v) is 2.33. The Bertz CT molecular complexity index is 420. The van der Waals surface area contributed by atoms with Gasteiger partial charge in [-0.2, -0.15) is 5.10 Å². The maximum Gasteiger partial charge on any atom is 0.220 e. The molecule has 18 heavy (non-hydrogen) atoms. The summed E-state index contributed by atoms with van der Waals surface area (Å²) in [6.45, 7) is 2.07. The van der Waals surface area contributed by atoms with Crippen molar-refractivity contribution in [3.05, 3.63) is 17.5 Å². The van der Waals surface area contributed by atoms with Crippen molar-refractivity contribution in [3.8, 4) is 0 Å². The van der Waals surface area contributed by atoms with Crippen molar-refractivity contribution in [2.24, 2.45) is 5.92 Å². The van der Waals surface area contributed by atoms with Crippen LogP contribution in [0, 0.1) is 5.92 Å². The van der Waals surface area contributed by atoms with Gasteiger partial charge in [-0.15, -0.1) is 0 Å². The summed E-state index contributed by atoms with van der Waals surface area (Å²) in [5.74, 6) is 1.16. The van der Waals surface area contributed by atoms with Crippen molar-refractivity contribution < 1.29 is 9.53 Å². The van der Waals surface area contributed by atoms with Crippen LogP contribution in [-0.2, 0) is 16.1 Å². The Balaban J connectivity index is 1.43. The van der Waals surface area contributed by atoms with Gasteiger partial charge in [0.05, 0.1) is 17.9 Å². The standard InChI is InChI=1S/C13H19N3O2/c17-13(5-9-3-4-18-8-9)14-7-11-6-12(16-15-11)10-1-2-10/h6,9-10H,1-5,7-8H2,(H,14,17)(H,15,16). The third kappa shape index (κ3) is 2.90. The van der Waals surface area contributed by atoms with Gasteiger partial charge in [-0.05, 0) is 31.2 Å². The van der Waals surface area contributed by atoms with E-state index in [0.29, 0.717) is 24.8 Å². The fraction of sp³-hybridized carbons (Fsp3) is 0.692. The van der Waals surface area contributed by atoms with Gasteiger partial charge in [0.1, 0.15) is 0 Å². The number of nitrogens with one attached hydrogen (secondary N) is 2. The second-order valence-electron chi connectivity index (χ2n) is 5.30. The van der Waals surface area contributed by atoms with Crippen LogP contribution < -0.4 is 5.32 Å². The van der Waals surface area contributed by atoms with Gasteiger partial charge in [0.25, 0.3) is 0 Å². The van der Waals surface area contributed by atoms with E-state index in [2.05, 4.69) is 21.6 Å². The van der Waals surface area contributed by atoms with Crippen LogP contribution in [0.5, 0.6) is 0 Å². The van der Waals surface area contributed by atoms with Crippen LogP contribution in [0.2, 0.25) is 0 Å². The van der Waals surface area contributed by atoms with Crippen LogP contribution >= 0.6 is 0 Å². The molecule has 2 heterocycles. The Hall–Kier alpha value is -1.36. The Morgan fingerprint density at radius 1 is 1.50 bits per heavy atom. The van der Waals surface area contributed by atoms with Crippen LogP contribution in [0.4, 0.5) is 0 Å². The zero-order valence-corrected chi connectivity index (χ0v) is 10.4. The van der Waals surface area contributed by atoms with Gasteiger partial charge in [0, 0.05) is 25.6 Å². The van der Waals surface area contributed by atoms with Gasteiger partial charge in [0.2, 0.25) is 5.91 Å². The maximum atomic E-state index is 11.7. The molecule has 1 aromatic heterocycles. The van der Waals surface area contributed by atoms with Gasteiger partial charge in [0.15, 0.2) is 0 Å². The highest BCUT2D eigenvalue weighted by Gasteiger charge is 2.26. The molecule has 0 aromatic carbocycles. The first-order valence-electron chi connectivity index (χ1n) is 6.70. The molecule has 1 amide bonds. The molecular formula is C13H19N3O2. The number of carbonyl (C=O) groups is 1. The minimum Gasteiger partial charge on any atom is -0.381 e. The largest absolute Gasteiger partial charge is 0.381 e. The third-order valence-electron chi connectivity index (χ3n) is 3.62. The van der Waals surface area contributed by atoms with Gasteiger partial charge in [-0.1, -0.05) is 0 Å². The predicted molar refractivity (Wildman–Crippen MR) is 66.0 cm³/mol. The molecule has 1 aliphatic carbocycles. The summed E-state index contributed by atoms with van der Waals surface area (Å²) < 4.78 is 5.26. The van der Waals surface area contributed by atoms with Gasteiger partial charge in [-0.3, -0.25) is 9.89 Å². The Morgan fingerprint density at radius 3 is 3.11 bits per heavy atom. The lowest BCUT2D eigenvalue weighted by Crippen LogP contribution is -2.25. The van der Waals surface area contributed by atoms with E-state index in [1.165, 1.54) is 12.8 Å². The lowest BCUT2D eigenvalue weighted by atomic mass is 10.1. The third-order valence-corrected chi connectivity index (χ3v) is 3.62. The second kappa shape index (κ2) is 5.10. The normalized spacial score (nSPS) is 23.2. The summed E-state index contributed by atoms with van der Waals surface area (Å²) in [7, 11) is 0. The molecule has 1 atom stereocenters. The number of hydrogen-bond acceptors (Lipinski definition) is 3. The minimum atomic E-state index is 0.105. The summed E-state index contributed by atoms with van der Waals surface area (Å²) in [6.07, 6.45) is 4.07. The van der Waals surface area contributed by atoms with E-state index in [4.69, 9.17) is 4.74 Å². The Morgan fingerprint density at radius 2 is 2.39 bits per heavy atom. The van der Waals surface area contributed by atoms with Crippen LogP contribution in [0.1, 0.15) is 43.0 Å². The maximum absolute atomic E-state index is 11.7. The first-order valence-corrected chi connectivity index (χ1v) is 6.70. The van der Waals surface area contributed by atoms with Crippen LogP contribution in [0.25, 0.3) is 0 Å². The molecule has 2 N–H and O–H groups in total. The highest BCUT2D eigenvalue weighted by Crippen LogP contribution is 2.38. The van der Waals surface area contributed by atoms with Crippen LogP contribution in [-0.4, -0.2) is 29.3 Å². The van der Waals surface area contributed by atoms with Crippen LogP contribution in [0.3, 0.4) is 0 Å². The lowest BCUT2D eigenvalue weighted by Gasteiger charge is -2.07. The summed E-state index contributed by atoms with van der Waals surface area (Å²) >= 11 is 0. The predicted octanol–water partition coefficient (Wildman–Crippen LogP) is 1.33. The van der Waals surface area contributed by atoms with Crippen molar-refractivity contribution >= 4 is 5.91 Å². The van der Waals surface area contributed by atoms with Gasteiger partial charge >= 0.3 is 0 Å². The molecule has 1 aliphatic heterocycles. The molecule has 98 valence electrons. The number of aromatic amines is 1. The summed E-state index contributed by atoms with van der Waals surface area (Å²) in [6, 6.07) is 2.07. The van der Waals surface area contributed by atoms with E-state index >= 15 is 0 Å². The number of rotatable bonds is 5. The molecule has 1 saturated carbocycles. The molecule has 1 aromatic rings. The van der Waals surface area contributed by atoms with E-state index in [9.17, 15) is 4.79 Å². The first-order chi connectivity index (χ1) is 8.81. The number of amides is 1. The quantitative estimate of drug-likeness (QED) is 0.827. The summed E-state index contributed by atoms with van der Waals surface area (Å²) in [5.41, 5.74) is 2.14. The second-order valence-corrected chi connectivity index (χ2v) is 5.30. The molecule has 2 aliphatic rings. The number of nitrogens with zero attached hydrogens (tertiary/aromatic N) is 1. The zero-order chi connectivity index (χ0) is 12.4. The zero-order valence-electron chi connectivity index (χ0n) is 10.4. The van der Waals surface area contributed by atoms with E-state index in [0.717, 1.165) is 31.0 Å². The van der Waals surface area contributed by atoms with E-state index in [-0.39, 0.29) is 5.91 Å². The van der Waals surface area contributed by atoms with E-state index in [1.54, 1.807) is 0 Å². The highest BCUT2D eigenvalue weighted by atomic mass is 16.5. The Kier molecular flexibility index (Phi) is 3.32. The molecule has 0 radical (unpaired) electrons. The van der Waals surface area contributed by atoms with Crippen molar-refractivity contribution in [2.45, 2.75) is 38.1 Å². The number of carbonyl (C=O) groups excluding carboxylic acids is 1. The highest BCUT2D eigenvalue weighted by molar-refractivity contribution is 5.76. The van der Waals surface area contributed by atoms with Crippen molar-refractivity contribution in [1.29, 1.82) is 0 Å².